The molecule has 0 radical (unpaired) electrons. The number of nitrogens with one attached hydrogen (secondary N) is 2. The Morgan fingerprint density at radius 1 is 1.20 bits per heavy atom. The summed E-state index contributed by atoms with van der Waals surface area (Å²) in [7, 11) is -3.64. The van der Waals surface area contributed by atoms with Crippen LogP contribution >= 0.6 is 0 Å². The Kier molecular flexibility index (Phi) is 9.82. The fraction of sp³-hybridized carbons (Fsp3) is 0.417. The summed E-state index contributed by atoms with van der Waals surface area (Å²) in [5.41, 5.74) is 0.349. The number of rotatable bonds is 12. The number of amides is 1. The second kappa shape index (κ2) is 12.1. The molecule has 0 fully saturated rings. The number of alkyl halides is 3. The third kappa shape index (κ3) is 8.65. The van der Waals surface area contributed by atoms with Gasteiger partial charge in [-0.1, -0.05) is 31.9 Å². The van der Waals surface area contributed by atoms with E-state index in [1.54, 1.807) is 6.92 Å². The van der Waals surface area contributed by atoms with Crippen molar-refractivity contribution >= 4 is 27.7 Å². The Bertz CT molecular complexity index is 1170. The van der Waals surface area contributed by atoms with Gasteiger partial charge in [-0.05, 0) is 55.2 Å². The lowest BCUT2D eigenvalue weighted by Gasteiger charge is -2.15. The number of hydrogen-bond donors (Lipinski definition) is 2. The lowest BCUT2D eigenvalue weighted by Crippen LogP contribution is -2.24. The van der Waals surface area contributed by atoms with Crippen LogP contribution in [0.1, 0.15) is 61.7 Å². The molecule has 1 heterocycles. The number of aromatic nitrogens is 1. The standard InChI is InChI=1S/C24H29F4N3O3S/c1-4-5-6-7-20-17(9-12-22(30-20)24(27,28)15-25)10-13-23(32)29-16(2)18-8-11-21(19(26)14-18)31-35(3,33)34/h8-14,16,31H,4-7,15H2,1-3H3,(H,29,32)/b13-10-/t16-/m1/s1. The molecule has 2 rings (SSSR count). The lowest BCUT2D eigenvalue weighted by atomic mass is 10.0. The van der Waals surface area contributed by atoms with E-state index in [9.17, 15) is 30.8 Å². The van der Waals surface area contributed by atoms with E-state index in [0.29, 0.717) is 29.7 Å². The Balaban J connectivity index is 2.15. The number of sulfonamides is 1. The molecule has 0 saturated heterocycles. The van der Waals surface area contributed by atoms with Gasteiger partial charge in [0.1, 0.15) is 11.5 Å². The highest BCUT2D eigenvalue weighted by molar-refractivity contribution is 7.92. The molecule has 0 aliphatic rings. The van der Waals surface area contributed by atoms with Gasteiger partial charge in [0.2, 0.25) is 15.9 Å². The fourth-order valence-electron chi connectivity index (χ4n) is 3.27. The molecule has 192 valence electrons. The van der Waals surface area contributed by atoms with Crippen LogP contribution in [0.25, 0.3) is 6.08 Å². The molecule has 11 heteroatoms. The highest BCUT2D eigenvalue weighted by atomic mass is 32.2. The zero-order valence-corrected chi connectivity index (χ0v) is 20.6. The van der Waals surface area contributed by atoms with E-state index >= 15 is 0 Å². The molecular weight excluding hydrogens is 486 g/mol. The molecule has 0 spiro atoms. The molecule has 2 N–H and O–H groups in total. The van der Waals surface area contributed by atoms with E-state index < -0.39 is 46.1 Å². The van der Waals surface area contributed by atoms with Gasteiger partial charge in [0.05, 0.1) is 18.0 Å². The molecule has 0 aliphatic carbocycles. The summed E-state index contributed by atoms with van der Waals surface area (Å²) >= 11 is 0. The zero-order chi connectivity index (χ0) is 26.2. The van der Waals surface area contributed by atoms with E-state index in [0.717, 1.165) is 31.2 Å². The topological polar surface area (TPSA) is 88.2 Å². The zero-order valence-electron chi connectivity index (χ0n) is 19.7. The second-order valence-corrected chi connectivity index (χ2v) is 9.95. The van der Waals surface area contributed by atoms with E-state index in [1.165, 1.54) is 30.4 Å². The molecule has 6 nitrogen and oxygen atoms in total. The highest BCUT2D eigenvalue weighted by Crippen LogP contribution is 2.28. The van der Waals surface area contributed by atoms with Crippen molar-refractivity contribution in [3.8, 4) is 0 Å². The van der Waals surface area contributed by atoms with Gasteiger partial charge in [-0.2, -0.15) is 8.78 Å². The van der Waals surface area contributed by atoms with Crippen LogP contribution in [0.15, 0.2) is 36.4 Å². The smallest absolute Gasteiger partial charge is 0.317 e. The first-order chi connectivity index (χ1) is 16.4. The summed E-state index contributed by atoms with van der Waals surface area (Å²) in [4.78, 5) is 16.4. The van der Waals surface area contributed by atoms with Crippen LogP contribution in [0.4, 0.5) is 23.2 Å². The van der Waals surface area contributed by atoms with Crippen molar-refractivity contribution in [3.63, 3.8) is 0 Å². The summed E-state index contributed by atoms with van der Waals surface area (Å²) in [6, 6.07) is 5.66. The third-order valence-corrected chi connectivity index (χ3v) is 5.72. The Morgan fingerprint density at radius 2 is 1.91 bits per heavy atom. The van der Waals surface area contributed by atoms with Crippen LogP contribution in [0.5, 0.6) is 0 Å². The minimum absolute atomic E-state index is 0.209. The average molecular weight is 516 g/mol. The summed E-state index contributed by atoms with van der Waals surface area (Å²) in [6.07, 6.45) is 6.43. The maximum Gasteiger partial charge on any atom is 0.317 e. The number of benzene rings is 1. The molecule has 1 amide bonds. The first-order valence-electron chi connectivity index (χ1n) is 11.1. The van der Waals surface area contributed by atoms with Crippen molar-refractivity contribution in [2.24, 2.45) is 0 Å². The van der Waals surface area contributed by atoms with Gasteiger partial charge in [-0.3, -0.25) is 14.5 Å². The number of pyridine rings is 1. The molecule has 0 saturated carbocycles. The van der Waals surface area contributed by atoms with E-state index in [-0.39, 0.29) is 5.69 Å². The van der Waals surface area contributed by atoms with Gasteiger partial charge < -0.3 is 5.32 Å². The van der Waals surface area contributed by atoms with Crippen molar-refractivity contribution < 1.29 is 30.8 Å². The van der Waals surface area contributed by atoms with Gasteiger partial charge >= 0.3 is 5.92 Å². The van der Waals surface area contributed by atoms with Crippen LogP contribution in [0.3, 0.4) is 0 Å². The van der Waals surface area contributed by atoms with Gasteiger partial charge in [0.25, 0.3) is 0 Å². The molecule has 2 aromatic rings. The van der Waals surface area contributed by atoms with Gasteiger partial charge in [0.15, 0.2) is 6.67 Å². The minimum Gasteiger partial charge on any atom is -0.346 e. The maximum absolute atomic E-state index is 14.2. The first-order valence-corrected chi connectivity index (χ1v) is 13.0. The third-order valence-electron chi connectivity index (χ3n) is 5.13. The molecule has 1 aromatic carbocycles. The Hall–Kier alpha value is -2.95. The van der Waals surface area contributed by atoms with Gasteiger partial charge in [0, 0.05) is 11.8 Å². The fourth-order valence-corrected chi connectivity index (χ4v) is 3.84. The first kappa shape index (κ1) is 28.3. The molecule has 35 heavy (non-hydrogen) atoms. The molecule has 1 aromatic heterocycles. The highest BCUT2D eigenvalue weighted by Gasteiger charge is 2.33. The molecule has 0 aliphatic heterocycles. The van der Waals surface area contributed by atoms with Crippen molar-refractivity contribution in [1.29, 1.82) is 0 Å². The lowest BCUT2D eigenvalue weighted by molar-refractivity contribution is -0.117. The summed E-state index contributed by atoms with van der Waals surface area (Å²) in [5, 5.41) is 2.66. The Labute approximate surface area is 202 Å². The molecule has 1 atom stereocenters. The second-order valence-electron chi connectivity index (χ2n) is 8.20. The quantitative estimate of drug-likeness (QED) is 0.229. The Morgan fingerprint density at radius 3 is 2.51 bits per heavy atom. The van der Waals surface area contributed by atoms with Crippen LogP contribution in [0.2, 0.25) is 0 Å². The van der Waals surface area contributed by atoms with Gasteiger partial charge in [-0.25, -0.2) is 17.2 Å². The van der Waals surface area contributed by atoms with Crippen molar-refractivity contribution in [3.05, 3.63) is 64.7 Å². The number of carbonyl (C=O) groups excluding carboxylic acids is 1. The van der Waals surface area contributed by atoms with E-state index in [4.69, 9.17) is 0 Å². The molecule has 0 unspecified atom stereocenters. The average Bonchev–Trinajstić information content (AvgIpc) is 2.78. The number of anilines is 1. The minimum atomic E-state index is -3.68. The number of carbonyl (C=O) groups is 1. The maximum atomic E-state index is 14.2. The van der Waals surface area contributed by atoms with Crippen molar-refractivity contribution in [2.75, 3.05) is 17.7 Å². The number of halogens is 4. The summed E-state index contributed by atoms with van der Waals surface area (Å²) in [6.45, 7) is 1.76. The largest absolute Gasteiger partial charge is 0.346 e. The van der Waals surface area contributed by atoms with E-state index in [2.05, 4.69) is 15.0 Å². The summed E-state index contributed by atoms with van der Waals surface area (Å²) in [5.74, 6) is -5.00. The number of aryl methyl sites for hydroxylation is 1. The van der Waals surface area contributed by atoms with Crippen LogP contribution in [0, 0.1) is 5.82 Å². The normalized spacial score (nSPS) is 13.1. The predicted octanol–water partition coefficient (Wildman–Crippen LogP) is 5.28. The SMILES string of the molecule is CCCCCc1nc(C(F)(F)CF)ccc1/C=C\C(=O)N[C@H](C)c1ccc(NS(C)(=O)=O)c(F)c1. The number of hydrogen-bond acceptors (Lipinski definition) is 4. The van der Waals surface area contributed by atoms with Crippen molar-refractivity contribution in [2.45, 2.75) is 51.5 Å². The van der Waals surface area contributed by atoms with Gasteiger partial charge in [-0.15, -0.1) is 0 Å². The molecular formula is C24H29F4N3O3S. The molecule has 0 bridgehead atoms. The predicted molar refractivity (Wildman–Crippen MR) is 128 cm³/mol. The number of nitrogens with zero attached hydrogens (tertiary/aromatic N) is 1. The monoisotopic (exact) mass is 515 g/mol. The number of unbranched alkanes of at least 4 members (excludes halogenated alkanes) is 2. The van der Waals surface area contributed by atoms with Crippen LogP contribution in [-0.4, -0.2) is 32.2 Å². The van der Waals surface area contributed by atoms with Crippen LogP contribution < -0.4 is 10.0 Å². The van der Waals surface area contributed by atoms with Crippen LogP contribution in [-0.2, 0) is 27.2 Å². The van der Waals surface area contributed by atoms with E-state index in [1.807, 2.05) is 6.92 Å². The summed E-state index contributed by atoms with van der Waals surface area (Å²) < 4.78 is 79.1. The van der Waals surface area contributed by atoms with Crippen molar-refractivity contribution in [1.82, 2.24) is 10.3 Å².